The summed E-state index contributed by atoms with van der Waals surface area (Å²) in [5, 5.41) is 9.21. The molecule has 1 aliphatic heterocycles. The van der Waals surface area contributed by atoms with Crippen molar-refractivity contribution in [2.24, 2.45) is 0 Å². The number of hydrogen-bond acceptors (Lipinski definition) is 4. The molecule has 1 amide bonds. The van der Waals surface area contributed by atoms with E-state index in [4.69, 9.17) is 4.74 Å². The second kappa shape index (κ2) is 6.36. The summed E-state index contributed by atoms with van der Waals surface area (Å²) in [5.74, 6) is -1.34. The number of benzene rings is 1. The summed E-state index contributed by atoms with van der Waals surface area (Å²) in [5.41, 5.74) is 0.272. The molecule has 1 aromatic carbocycles. The Morgan fingerprint density at radius 2 is 1.73 bits per heavy atom. The van der Waals surface area contributed by atoms with Gasteiger partial charge in [-0.3, -0.25) is 4.79 Å². The molecule has 0 spiro atoms. The molecule has 0 radical (unpaired) electrons. The van der Waals surface area contributed by atoms with Gasteiger partial charge >= 0.3 is 5.97 Å². The van der Waals surface area contributed by atoms with E-state index in [9.17, 15) is 14.7 Å². The van der Waals surface area contributed by atoms with Gasteiger partial charge in [0.2, 0.25) is 0 Å². The van der Waals surface area contributed by atoms with Gasteiger partial charge in [0.05, 0.1) is 13.2 Å². The lowest BCUT2D eigenvalue weighted by Gasteiger charge is -2.32. The largest absolute Gasteiger partial charge is 0.480 e. The van der Waals surface area contributed by atoms with Crippen molar-refractivity contribution < 1.29 is 19.4 Å². The average Bonchev–Trinajstić information content (AvgIpc) is 2.54. The summed E-state index contributed by atoms with van der Waals surface area (Å²) in [6.45, 7) is 6.09. The molecule has 2 rings (SSSR count). The van der Waals surface area contributed by atoms with Gasteiger partial charge in [-0.2, -0.15) is 0 Å². The van der Waals surface area contributed by atoms with Crippen LogP contribution in [0.2, 0.25) is 0 Å². The van der Waals surface area contributed by atoms with Crippen molar-refractivity contribution in [3.8, 4) is 0 Å². The quantitative estimate of drug-likeness (QED) is 0.912. The van der Waals surface area contributed by atoms with E-state index in [1.54, 1.807) is 12.1 Å². The van der Waals surface area contributed by atoms with Gasteiger partial charge in [0.15, 0.2) is 0 Å². The minimum absolute atomic E-state index is 0.305. The molecule has 1 saturated heterocycles. The maximum atomic E-state index is 12.4. The van der Waals surface area contributed by atoms with Gasteiger partial charge < -0.3 is 19.6 Å². The fraction of sp³-hybridized carbons (Fsp3) is 0.500. The van der Waals surface area contributed by atoms with E-state index in [1.165, 1.54) is 25.8 Å². The third-order valence-electron chi connectivity index (χ3n) is 4.16. The van der Waals surface area contributed by atoms with Crippen LogP contribution in [-0.2, 0) is 9.53 Å². The van der Waals surface area contributed by atoms with Crippen LogP contribution in [0, 0.1) is 0 Å². The monoisotopic (exact) mass is 306 g/mol. The number of anilines is 1. The van der Waals surface area contributed by atoms with Crippen LogP contribution in [0.15, 0.2) is 24.3 Å². The molecular formula is C16H22N2O4. The zero-order chi connectivity index (χ0) is 16.3. The number of hydrogen-bond donors (Lipinski definition) is 1. The Kier molecular flexibility index (Phi) is 4.71. The Hall–Kier alpha value is -2.08. The molecule has 1 aliphatic rings. The number of likely N-dealkylation sites (N-methyl/N-ethyl adjacent to an activating group) is 1. The molecule has 22 heavy (non-hydrogen) atoms. The summed E-state index contributed by atoms with van der Waals surface area (Å²) in [4.78, 5) is 27.1. The van der Waals surface area contributed by atoms with E-state index in [1.807, 2.05) is 12.1 Å². The van der Waals surface area contributed by atoms with E-state index >= 15 is 0 Å². The van der Waals surface area contributed by atoms with Gasteiger partial charge in [0.25, 0.3) is 5.91 Å². The molecule has 1 N–H and O–H groups in total. The van der Waals surface area contributed by atoms with Crippen molar-refractivity contribution in [2.75, 3.05) is 38.3 Å². The van der Waals surface area contributed by atoms with Crippen LogP contribution in [0.25, 0.3) is 0 Å². The lowest BCUT2D eigenvalue weighted by Crippen LogP contribution is -2.50. The predicted molar refractivity (Wildman–Crippen MR) is 83.3 cm³/mol. The first-order valence-electron chi connectivity index (χ1n) is 7.28. The average molecular weight is 306 g/mol. The van der Waals surface area contributed by atoms with Crippen molar-refractivity contribution in [3.05, 3.63) is 29.8 Å². The number of carbonyl (C=O) groups excluding carboxylic acids is 1. The highest BCUT2D eigenvalue weighted by Crippen LogP contribution is 2.20. The van der Waals surface area contributed by atoms with Crippen LogP contribution < -0.4 is 4.90 Å². The number of carboxylic acids is 1. The first-order valence-corrected chi connectivity index (χ1v) is 7.28. The van der Waals surface area contributed by atoms with E-state index in [2.05, 4.69) is 4.90 Å². The topological polar surface area (TPSA) is 70.1 Å². The third-order valence-corrected chi connectivity index (χ3v) is 4.16. The Bertz CT molecular complexity index is 548. The molecule has 1 fully saturated rings. The highest BCUT2D eigenvalue weighted by atomic mass is 16.5. The molecule has 0 bridgehead atoms. The SMILES string of the molecule is CN(C(=O)c1ccc(N2CCOCC2)cc1)C(C)(C)C(=O)O. The molecule has 0 atom stereocenters. The Morgan fingerprint density at radius 3 is 2.23 bits per heavy atom. The molecule has 1 heterocycles. The number of aliphatic carboxylic acids is 1. The second-order valence-corrected chi connectivity index (χ2v) is 5.87. The molecule has 6 heteroatoms. The van der Waals surface area contributed by atoms with Crippen LogP contribution in [0.3, 0.4) is 0 Å². The van der Waals surface area contributed by atoms with Gasteiger partial charge in [0.1, 0.15) is 5.54 Å². The van der Waals surface area contributed by atoms with Crippen LogP contribution in [0.4, 0.5) is 5.69 Å². The molecule has 120 valence electrons. The molecule has 6 nitrogen and oxygen atoms in total. The molecule has 0 aromatic heterocycles. The van der Waals surface area contributed by atoms with Gasteiger partial charge in [-0.1, -0.05) is 0 Å². The smallest absolute Gasteiger partial charge is 0.329 e. The zero-order valence-electron chi connectivity index (χ0n) is 13.2. The van der Waals surface area contributed by atoms with Crippen molar-refractivity contribution in [1.29, 1.82) is 0 Å². The summed E-state index contributed by atoms with van der Waals surface area (Å²) in [6.07, 6.45) is 0. The standard InChI is InChI=1S/C16H22N2O4/c1-16(2,15(20)21)17(3)14(19)12-4-6-13(7-5-12)18-8-10-22-11-9-18/h4-7H,8-11H2,1-3H3,(H,20,21). The Morgan fingerprint density at radius 1 is 1.18 bits per heavy atom. The Balaban J connectivity index is 2.12. The summed E-state index contributed by atoms with van der Waals surface area (Å²) < 4.78 is 5.32. The van der Waals surface area contributed by atoms with Crippen molar-refractivity contribution >= 4 is 17.6 Å². The van der Waals surface area contributed by atoms with Gasteiger partial charge in [-0.05, 0) is 38.1 Å². The van der Waals surface area contributed by atoms with Crippen molar-refractivity contribution in [2.45, 2.75) is 19.4 Å². The van der Waals surface area contributed by atoms with Crippen LogP contribution in [-0.4, -0.2) is 60.8 Å². The fourth-order valence-electron chi connectivity index (χ4n) is 2.23. The van der Waals surface area contributed by atoms with Gasteiger partial charge in [-0.25, -0.2) is 4.79 Å². The van der Waals surface area contributed by atoms with E-state index in [0.717, 1.165) is 18.8 Å². The highest BCUT2D eigenvalue weighted by molar-refractivity contribution is 5.97. The number of ether oxygens (including phenoxy) is 1. The van der Waals surface area contributed by atoms with Crippen molar-refractivity contribution in [1.82, 2.24) is 4.90 Å². The number of carboxylic acid groups (broad SMARTS) is 1. The van der Waals surface area contributed by atoms with Gasteiger partial charge in [-0.15, -0.1) is 0 Å². The second-order valence-electron chi connectivity index (χ2n) is 5.87. The third kappa shape index (κ3) is 3.22. The van der Waals surface area contributed by atoms with E-state index in [0.29, 0.717) is 18.8 Å². The number of nitrogens with zero attached hydrogens (tertiary/aromatic N) is 2. The van der Waals surface area contributed by atoms with Crippen LogP contribution >= 0.6 is 0 Å². The normalized spacial score (nSPS) is 15.5. The number of rotatable bonds is 4. The van der Waals surface area contributed by atoms with Crippen molar-refractivity contribution in [3.63, 3.8) is 0 Å². The zero-order valence-corrected chi connectivity index (χ0v) is 13.2. The maximum Gasteiger partial charge on any atom is 0.329 e. The van der Waals surface area contributed by atoms with Gasteiger partial charge in [0, 0.05) is 31.4 Å². The first-order chi connectivity index (χ1) is 10.3. The molecule has 0 aliphatic carbocycles. The number of morpholine rings is 1. The molecule has 1 aromatic rings. The van der Waals surface area contributed by atoms with E-state index < -0.39 is 11.5 Å². The highest BCUT2D eigenvalue weighted by Gasteiger charge is 2.35. The number of carbonyl (C=O) groups is 2. The minimum Gasteiger partial charge on any atom is -0.480 e. The Labute approximate surface area is 130 Å². The lowest BCUT2D eigenvalue weighted by molar-refractivity contribution is -0.147. The first kappa shape index (κ1) is 16.3. The minimum atomic E-state index is -1.25. The molecule has 0 saturated carbocycles. The molecular weight excluding hydrogens is 284 g/mol. The van der Waals surface area contributed by atoms with Crippen LogP contribution in [0.1, 0.15) is 24.2 Å². The molecule has 0 unspecified atom stereocenters. The van der Waals surface area contributed by atoms with Crippen LogP contribution in [0.5, 0.6) is 0 Å². The maximum absolute atomic E-state index is 12.4. The summed E-state index contributed by atoms with van der Waals surface area (Å²) in [6, 6.07) is 7.25. The number of amides is 1. The summed E-state index contributed by atoms with van der Waals surface area (Å²) in [7, 11) is 1.51. The van der Waals surface area contributed by atoms with E-state index in [-0.39, 0.29) is 5.91 Å². The predicted octanol–water partition coefficient (Wildman–Crippen LogP) is 1.46. The summed E-state index contributed by atoms with van der Waals surface area (Å²) >= 11 is 0. The lowest BCUT2D eigenvalue weighted by atomic mass is 10.0. The fourth-order valence-corrected chi connectivity index (χ4v) is 2.23.